The molecule has 0 saturated carbocycles. The summed E-state index contributed by atoms with van der Waals surface area (Å²) in [5, 5.41) is 9.09. The van der Waals surface area contributed by atoms with Gasteiger partial charge in [0.1, 0.15) is 11.6 Å². The highest BCUT2D eigenvalue weighted by Gasteiger charge is 2.19. The van der Waals surface area contributed by atoms with Gasteiger partial charge in [0.15, 0.2) is 0 Å². The molecule has 2 aromatic rings. The highest BCUT2D eigenvalue weighted by molar-refractivity contribution is 5.77. The van der Waals surface area contributed by atoms with Crippen LogP contribution in [0.5, 0.6) is 0 Å². The van der Waals surface area contributed by atoms with E-state index in [9.17, 15) is 13.6 Å². The van der Waals surface area contributed by atoms with Crippen molar-refractivity contribution in [1.29, 1.82) is 0 Å². The Morgan fingerprint density at radius 3 is 2.27 bits per heavy atom. The second-order valence-electron chi connectivity index (χ2n) is 8.24. The molecule has 0 spiro atoms. The maximum Gasteiger partial charge on any atom is 0.246 e. The Kier molecular flexibility index (Phi) is 8.93. The van der Waals surface area contributed by atoms with E-state index >= 15 is 0 Å². The highest BCUT2D eigenvalue weighted by Crippen LogP contribution is 2.21. The third kappa shape index (κ3) is 6.89. The quantitative estimate of drug-likeness (QED) is 0.329. The summed E-state index contributed by atoms with van der Waals surface area (Å²) in [6.07, 6.45) is 2.81. The minimum absolute atomic E-state index is 0.193. The highest BCUT2D eigenvalue weighted by atomic mass is 19.1. The molecule has 0 aliphatic rings. The molecule has 0 aromatic heterocycles. The van der Waals surface area contributed by atoms with Crippen molar-refractivity contribution in [3.8, 4) is 0 Å². The van der Waals surface area contributed by atoms with Gasteiger partial charge in [0.2, 0.25) is 5.91 Å². The number of nitrogens with zero attached hydrogens (tertiary/aromatic N) is 1. The SMILES string of the molecule is Cc1cc(CN(C)CCCC[C@@H](Cc2cc(C)c(F)c(C)c2)C(=O)NO)ccc1F. The van der Waals surface area contributed by atoms with Gasteiger partial charge in [-0.25, -0.2) is 14.3 Å². The zero-order chi connectivity index (χ0) is 22.3. The Morgan fingerprint density at radius 2 is 1.67 bits per heavy atom. The van der Waals surface area contributed by atoms with Crippen LogP contribution in [0, 0.1) is 38.3 Å². The molecule has 2 rings (SSSR count). The molecule has 30 heavy (non-hydrogen) atoms. The van der Waals surface area contributed by atoms with Crippen LogP contribution in [0.25, 0.3) is 0 Å². The molecule has 0 saturated heterocycles. The largest absolute Gasteiger partial charge is 0.302 e. The summed E-state index contributed by atoms with van der Waals surface area (Å²) in [5.41, 5.74) is 5.49. The molecule has 1 amide bonds. The Hall–Kier alpha value is -2.31. The molecule has 0 radical (unpaired) electrons. The lowest BCUT2D eigenvalue weighted by Crippen LogP contribution is -2.29. The van der Waals surface area contributed by atoms with Crippen LogP contribution >= 0.6 is 0 Å². The fourth-order valence-corrected chi connectivity index (χ4v) is 3.82. The van der Waals surface area contributed by atoms with Gasteiger partial charge in [-0.15, -0.1) is 0 Å². The summed E-state index contributed by atoms with van der Waals surface area (Å²) >= 11 is 0. The minimum Gasteiger partial charge on any atom is -0.302 e. The molecule has 2 aromatic carbocycles. The van der Waals surface area contributed by atoms with E-state index in [1.807, 2.05) is 13.1 Å². The van der Waals surface area contributed by atoms with Crippen molar-refractivity contribution in [3.63, 3.8) is 0 Å². The van der Waals surface area contributed by atoms with Gasteiger partial charge < -0.3 is 4.90 Å². The van der Waals surface area contributed by atoms with Crippen LogP contribution < -0.4 is 5.48 Å². The molecule has 164 valence electrons. The number of nitrogens with one attached hydrogen (secondary N) is 1. The van der Waals surface area contributed by atoms with Crippen molar-refractivity contribution in [2.75, 3.05) is 13.6 Å². The Morgan fingerprint density at radius 1 is 1.03 bits per heavy atom. The monoisotopic (exact) mass is 418 g/mol. The zero-order valence-corrected chi connectivity index (χ0v) is 18.3. The van der Waals surface area contributed by atoms with Crippen LogP contribution in [0.1, 0.15) is 47.1 Å². The van der Waals surface area contributed by atoms with Crippen molar-refractivity contribution >= 4 is 5.91 Å². The number of hydroxylamine groups is 1. The van der Waals surface area contributed by atoms with Crippen molar-refractivity contribution in [1.82, 2.24) is 10.4 Å². The normalized spacial score (nSPS) is 12.3. The van der Waals surface area contributed by atoms with Gasteiger partial charge in [0.05, 0.1) is 0 Å². The van der Waals surface area contributed by atoms with Gasteiger partial charge in [0.25, 0.3) is 0 Å². The topological polar surface area (TPSA) is 52.6 Å². The third-order valence-corrected chi connectivity index (χ3v) is 5.48. The first kappa shape index (κ1) is 24.0. The van der Waals surface area contributed by atoms with E-state index in [4.69, 9.17) is 5.21 Å². The maximum atomic E-state index is 13.9. The van der Waals surface area contributed by atoms with Gasteiger partial charge in [0, 0.05) is 12.5 Å². The number of carbonyl (C=O) groups excluding carboxylic acids is 1. The molecular weight excluding hydrogens is 386 g/mol. The summed E-state index contributed by atoms with van der Waals surface area (Å²) in [6, 6.07) is 8.68. The summed E-state index contributed by atoms with van der Waals surface area (Å²) in [5.74, 6) is -1.20. The van der Waals surface area contributed by atoms with Crippen molar-refractivity contribution < 1.29 is 18.8 Å². The minimum atomic E-state index is -0.412. The summed E-state index contributed by atoms with van der Waals surface area (Å²) in [6.45, 7) is 6.76. The molecule has 2 N–H and O–H groups in total. The molecule has 0 aliphatic carbocycles. The fraction of sp³-hybridized carbons (Fsp3) is 0.458. The summed E-state index contributed by atoms with van der Waals surface area (Å²) in [7, 11) is 2.01. The summed E-state index contributed by atoms with van der Waals surface area (Å²) in [4.78, 5) is 14.3. The second kappa shape index (κ2) is 11.2. The van der Waals surface area contributed by atoms with Gasteiger partial charge in [-0.2, -0.15) is 0 Å². The Labute approximate surface area is 177 Å². The Bertz CT molecular complexity index is 847. The molecule has 0 bridgehead atoms. The average molecular weight is 419 g/mol. The molecule has 0 unspecified atom stereocenters. The predicted molar refractivity (Wildman–Crippen MR) is 114 cm³/mol. The van der Waals surface area contributed by atoms with Crippen molar-refractivity contribution in [2.45, 2.75) is 53.0 Å². The number of aryl methyl sites for hydroxylation is 3. The van der Waals surface area contributed by atoms with Crippen LogP contribution in [0.15, 0.2) is 30.3 Å². The van der Waals surface area contributed by atoms with Gasteiger partial charge in [-0.3, -0.25) is 10.0 Å². The van der Waals surface area contributed by atoms with E-state index in [0.29, 0.717) is 29.5 Å². The Balaban J connectivity index is 1.85. The van der Waals surface area contributed by atoms with E-state index < -0.39 is 5.91 Å². The number of carbonyl (C=O) groups is 1. The second-order valence-corrected chi connectivity index (χ2v) is 8.24. The van der Waals surface area contributed by atoms with E-state index in [-0.39, 0.29) is 17.6 Å². The van der Waals surface area contributed by atoms with E-state index in [1.54, 1.807) is 44.5 Å². The van der Waals surface area contributed by atoms with Crippen molar-refractivity contribution in [2.24, 2.45) is 5.92 Å². The molecule has 0 aliphatic heterocycles. The smallest absolute Gasteiger partial charge is 0.246 e. The number of unbranched alkanes of at least 4 members (excludes halogenated alkanes) is 1. The van der Waals surface area contributed by atoms with E-state index in [1.165, 1.54) is 6.07 Å². The number of rotatable bonds is 10. The number of halogens is 2. The molecular formula is C24H32F2N2O2. The first-order chi connectivity index (χ1) is 14.2. The molecule has 0 fully saturated rings. The van der Waals surface area contributed by atoms with Crippen molar-refractivity contribution in [3.05, 3.63) is 69.8 Å². The first-order valence-corrected chi connectivity index (χ1v) is 10.3. The van der Waals surface area contributed by atoms with Crippen LogP contribution in [0.2, 0.25) is 0 Å². The van der Waals surface area contributed by atoms with E-state index in [2.05, 4.69) is 4.90 Å². The van der Waals surface area contributed by atoms with Crippen LogP contribution in [-0.2, 0) is 17.8 Å². The number of hydrogen-bond donors (Lipinski definition) is 2. The lowest BCUT2D eigenvalue weighted by Gasteiger charge is -2.19. The lowest BCUT2D eigenvalue weighted by atomic mass is 9.91. The summed E-state index contributed by atoms with van der Waals surface area (Å²) < 4.78 is 27.2. The molecule has 4 nitrogen and oxygen atoms in total. The number of amides is 1. The van der Waals surface area contributed by atoms with Gasteiger partial charge in [-0.1, -0.05) is 30.7 Å². The lowest BCUT2D eigenvalue weighted by molar-refractivity contribution is -0.133. The number of hydrogen-bond acceptors (Lipinski definition) is 3. The molecule has 1 atom stereocenters. The van der Waals surface area contributed by atoms with Crippen LogP contribution in [0.3, 0.4) is 0 Å². The predicted octanol–water partition coefficient (Wildman–Crippen LogP) is 4.86. The fourth-order valence-electron chi connectivity index (χ4n) is 3.82. The number of benzene rings is 2. The van der Waals surface area contributed by atoms with Crippen LogP contribution in [-0.4, -0.2) is 29.6 Å². The maximum absolute atomic E-state index is 13.9. The average Bonchev–Trinajstić information content (AvgIpc) is 2.70. The molecule has 6 heteroatoms. The van der Waals surface area contributed by atoms with Gasteiger partial charge >= 0.3 is 0 Å². The zero-order valence-electron chi connectivity index (χ0n) is 18.3. The third-order valence-electron chi connectivity index (χ3n) is 5.48. The molecule has 0 heterocycles. The standard InChI is InChI=1S/C24H32F2N2O2/c1-16-11-19(8-9-22(16)25)15-28(4)10-6-5-7-21(24(29)27-30)14-20-12-17(2)23(26)18(3)13-20/h8-9,11-13,21,30H,5-7,10,14-15H2,1-4H3,(H,27,29)/t21-/m0/s1. The first-order valence-electron chi connectivity index (χ1n) is 10.3. The van der Waals surface area contributed by atoms with Crippen LogP contribution in [0.4, 0.5) is 8.78 Å². The van der Waals surface area contributed by atoms with E-state index in [0.717, 1.165) is 37.1 Å². The van der Waals surface area contributed by atoms with Gasteiger partial charge in [-0.05, 0) is 87.5 Å².